The fraction of sp³-hybridized carbons (Fsp3) is 0.778. The third kappa shape index (κ3) is 0.958. The Morgan fingerprint density at radius 1 is 1.58 bits per heavy atom. The molecule has 2 rings (SSSR count). The number of carbonyl (C=O) groups excluding carboxylic acids is 1. The molecule has 0 amide bonds. The van der Waals surface area contributed by atoms with E-state index in [0.717, 1.165) is 37.9 Å². The van der Waals surface area contributed by atoms with Gasteiger partial charge in [0.2, 0.25) is 0 Å². The summed E-state index contributed by atoms with van der Waals surface area (Å²) in [5.41, 5.74) is 0.819. The van der Waals surface area contributed by atoms with Crippen molar-refractivity contribution in [3.05, 3.63) is 0 Å². The Labute approximate surface area is 71.8 Å². The zero-order valence-corrected chi connectivity index (χ0v) is 7.30. The predicted octanol–water partition coefficient (Wildman–Crippen LogP) is 1.17. The molecule has 0 bridgehead atoms. The van der Waals surface area contributed by atoms with Gasteiger partial charge in [0.25, 0.3) is 0 Å². The third-order valence-electron chi connectivity index (χ3n) is 2.75. The van der Waals surface area contributed by atoms with Crippen LogP contribution >= 0.6 is 0 Å². The number of nitrogens with zero attached hydrogens (tertiary/aromatic N) is 1. The number of hydrogen-bond acceptors (Lipinski definition) is 3. The van der Waals surface area contributed by atoms with Gasteiger partial charge in [0, 0.05) is 12.3 Å². The zero-order valence-electron chi connectivity index (χ0n) is 7.30. The van der Waals surface area contributed by atoms with Crippen LogP contribution < -0.4 is 0 Å². The fourth-order valence-electron chi connectivity index (χ4n) is 1.86. The van der Waals surface area contributed by atoms with Crippen LogP contribution in [0.1, 0.15) is 25.7 Å². The summed E-state index contributed by atoms with van der Waals surface area (Å²) in [6.07, 6.45) is 3.99. The highest BCUT2D eigenvalue weighted by Gasteiger charge is 2.55. The van der Waals surface area contributed by atoms with E-state index in [1.165, 1.54) is 7.11 Å². The molecule has 1 fully saturated rings. The average molecular weight is 167 g/mol. The van der Waals surface area contributed by atoms with Gasteiger partial charge in [0.15, 0.2) is 0 Å². The quantitative estimate of drug-likeness (QED) is 0.579. The van der Waals surface area contributed by atoms with Crippen LogP contribution in [0, 0.1) is 5.41 Å². The lowest BCUT2D eigenvalue weighted by molar-refractivity contribution is -0.144. The van der Waals surface area contributed by atoms with E-state index in [1.54, 1.807) is 0 Å². The van der Waals surface area contributed by atoms with Crippen molar-refractivity contribution in [2.75, 3.05) is 13.7 Å². The van der Waals surface area contributed by atoms with E-state index in [2.05, 4.69) is 4.99 Å². The molecule has 3 heteroatoms. The summed E-state index contributed by atoms with van der Waals surface area (Å²) >= 11 is 0. The van der Waals surface area contributed by atoms with Gasteiger partial charge >= 0.3 is 5.97 Å². The molecule has 0 aromatic carbocycles. The smallest absolute Gasteiger partial charge is 0.317 e. The van der Waals surface area contributed by atoms with Crippen LogP contribution in [-0.2, 0) is 9.53 Å². The van der Waals surface area contributed by atoms with Crippen molar-refractivity contribution >= 4 is 11.7 Å². The lowest BCUT2D eigenvalue weighted by atomic mass is 9.98. The summed E-state index contributed by atoms with van der Waals surface area (Å²) in [4.78, 5) is 15.7. The van der Waals surface area contributed by atoms with E-state index in [0.29, 0.717) is 0 Å². The first-order valence-corrected chi connectivity index (χ1v) is 4.42. The van der Waals surface area contributed by atoms with Gasteiger partial charge < -0.3 is 4.74 Å². The van der Waals surface area contributed by atoms with Crippen molar-refractivity contribution < 1.29 is 9.53 Å². The molecule has 1 heterocycles. The van der Waals surface area contributed by atoms with Crippen LogP contribution in [0.25, 0.3) is 0 Å². The van der Waals surface area contributed by atoms with Crippen LogP contribution in [-0.4, -0.2) is 25.3 Å². The standard InChI is InChI=1S/C9H13NO2/c1-12-8(11)9(4-5-9)7-3-2-6-10-7/h2-6H2,1H3. The maximum atomic E-state index is 11.4. The molecule has 1 saturated carbocycles. The highest BCUT2D eigenvalue weighted by Crippen LogP contribution is 2.50. The maximum Gasteiger partial charge on any atom is 0.317 e. The molecule has 0 N–H and O–H groups in total. The largest absolute Gasteiger partial charge is 0.468 e. The fourth-order valence-corrected chi connectivity index (χ4v) is 1.86. The summed E-state index contributed by atoms with van der Waals surface area (Å²) in [5, 5.41) is 0. The van der Waals surface area contributed by atoms with Crippen LogP contribution in [0.3, 0.4) is 0 Å². The van der Waals surface area contributed by atoms with E-state index < -0.39 is 0 Å². The predicted molar refractivity (Wildman–Crippen MR) is 45.2 cm³/mol. The second-order valence-electron chi connectivity index (χ2n) is 3.51. The van der Waals surface area contributed by atoms with E-state index in [1.807, 2.05) is 0 Å². The summed E-state index contributed by atoms with van der Waals surface area (Å²) in [7, 11) is 1.46. The average Bonchev–Trinajstić information content (AvgIpc) is 2.73. The summed E-state index contributed by atoms with van der Waals surface area (Å²) in [6, 6.07) is 0. The third-order valence-corrected chi connectivity index (χ3v) is 2.75. The minimum Gasteiger partial charge on any atom is -0.468 e. The Kier molecular flexibility index (Phi) is 1.67. The number of esters is 1. The van der Waals surface area contributed by atoms with Crippen molar-refractivity contribution in [1.29, 1.82) is 0 Å². The number of ether oxygens (including phenoxy) is 1. The molecule has 0 spiro atoms. The van der Waals surface area contributed by atoms with E-state index in [-0.39, 0.29) is 11.4 Å². The van der Waals surface area contributed by atoms with Crippen molar-refractivity contribution in [1.82, 2.24) is 0 Å². The summed E-state index contributed by atoms with van der Waals surface area (Å²) in [5.74, 6) is -0.0804. The summed E-state index contributed by atoms with van der Waals surface area (Å²) in [6.45, 7) is 0.897. The zero-order chi connectivity index (χ0) is 8.60. The highest BCUT2D eigenvalue weighted by molar-refractivity contribution is 6.09. The number of carbonyl (C=O) groups is 1. The second kappa shape index (κ2) is 2.57. The van der Waals surface area contributed by atoms with Crippen molar-refractivity contribution in [3.8, 4) is 0 Å². The number of hydrogen-bond donors (Lipinski definition) is 0. The van der Waals surface area contributed by atoms with Crippen LogP contribution in [0.2, 0.25) is 0 Å². The second-order valence-corrected chi connectivity index (χ2v) is 3.51. The van der Waals surface area contributed by atoms with Crippen LogP contribution in [0.15, 0.2) is 4.99 Å². The normalized spacial score (nSPS) is 24.9. The molecular formula is C9H13NO2. The van der Waals surface area contributed by atoms with Gasteiger partial charge in [0.05, 0.1) is 7.11 Å². The van der Waals surface area contributed by atoms with Gasteiger partial charge in [-0.25, -0.2) is 0 Å². The molecule has 0 saturated heterocycles. The Morgan fingerprint density at radius 3 is 2.75 bits per heavy atom. The molecule has 0 atom stereocenters. The van der Waals surface area contributed by atoms with Gasteiger partial charge in [-0.3, -0.25) is 9.79 Å². The van der Waals surface area contributed by atoms with Gasteiger partial charge in [-0.15, -0.1) is 0 Å². The van der Waals surface area contributed by atoms with E-state index in [9.17, 15) is 4.79 Å². The molecular weight excluding hydrogens is 154 g/mol. The lowest BCUT2D eigenvalue weighted by Crippen LogP contribution is -2.25. The molecule has 0 unspecified atom stereocenters. The van der Waals surface area contributed by atoms with Crippen molar-refractivity contribution in [2.45, 2.75) is 25.7 Å². The minimum absolute atomic E-state index is 0.0804. The molecule has 2 aliphatic rings. The minimum atomic E-state index is -0.273. The SMILES string of the molecule is COC(=O)C1(C2=NCCC2)CC1. The van der Waals surface area contributed by atoms with E-state index >= 15 is 0 Å². The Bertz CT molecular complexity index is 241. The van der Waals surface area contributed by atoms with Crippen LogP contribution in [0.4, 0.5) is 0 Å². The molecule has 3 nitrogen and oxygen atoms in total. The van der Waals surface area contributed by atoms with Gasteiger partial charge in [-0.1, -0.05) is 0 Å². The molecule has 12 heavy (non-hydrogen) atoms. The molecule has 66 valence electrons. The topological polar surface area (TPSA) is 38.7 Å². The first kappa shape index (κ1) is 7.77. The number of methoxy groups -OCH3 is 1. The first-order chi connectivity index (χ1) is 5.79. The summed E-state index contributed by atoms with van der Waals surface area (Å²) < 4.78 is 4.77. The highest BCUT2D eigenvalue weighted by atomic mass is 16.5. The van der Waals surface area contributed by atoms with Gasteiger partial charge in [-0.2, -0.15) is 0 Å². The van der Waals surface area contributed by atoms with E-state index in [4.69, 9.17) is 4.74 Å². The lowest BCUT2D eigenvalue weighted by Gasteiger charge is -2.11. The Morgan fingerprint density at radius 2 is 2.33 bits per heavy atom. The van der Waals surface area contributed by atoms with Crippen LogP contribution in [0.5, 0.6) is 0 Å². The van der Waals surface area contributed by atoms with Gasteiger partial charge in [-0.05, 0) is 25.7 Å². The molecule has 1 aliphatic carbocycles. The van der Waals surface area contributed by atoms with Gasteiger partial charge in [0.1, 0.15) is 5.41 Å². The monoisotopic (exact) mass is 167 g/mol. The Balaban J connectivity index is 2.15. The molecule has 1 aliphatic heterocycles. The number of aliphatic imine (C=N–C) groups is 1. The molecule has 0 radical (unpaired) electrons. The molecule has 0 aromatic heterocycles. The molecule has 0 aromatic rings. The number of rotatable bonds is 2. The van der Waals surface area contributed by atoms with Crippen molar-refractivity contribution in [2.24, 2.45) is 10.4 Å². The van der Waals surface area contributed by atoms with Crippen molar-refractivity contribution in [3.63, 3.8) is 0 Å². The Hall–Kier alpha value is -0.860. The first-order valence-electron chi connectivity index (χ1n) is 4.42. The maximum absolute atomic E-state index is 11.4.